The summed E-state index contributed by atoms with van der Waals surface area (Å²) in [6.07, 6.45) is 68.5. The first-order valence-electron chi connectivity index (χ1n) is 27.1. The van der Waals surface area contributed by atoms with E-state index in [2.05, 4.69) is 106 Å². The largest absolute Gasteiger partial charge is 0.462 e. The predicted molar refractivity (Wildman–Crippen MR) is 279 cm³/mol. The molecule has 6 heteroatoms. The van der Waals surface area contributed by atoms with Crippen LogP contribution in [0.25, 0.3) is 0 Å². The van der Waals surface area contributed by atoms with Crippen molar-refractivity contribution >= 4 is 17.9 Å². The third kappa shape index (κ3) is 51.4. The monoisotopic (exact) mass is 905 g/mol. The summed E-state index contributed by atoms with van der Waals surface area (Å²) in [5.74, 6) is -0.938. The fourth-order valence-corrected chi connectivity index (χ4v) is 7.28. The zero-order valence-corrected chi connectivity index (χ0v) is 42.5. The quantitative estimate of drug-likeness (QED) is 0.0262. The Kier molecular flexibility index (Phi) is 50.4. The molecule has 0 N–H and O–H groups in total. The van der Waals surface area contributed by atoms with Crippen LogP contribution in [-0.2, 0) is 28.6 Å². The third-order valence-corrected chi connectivity index (χ3v) is 11.4. The zero-order valence-electron chi connectivity index (χ0n) is 42.5. The van der Waals surface area contributed by atoms with E-state index in [-0.39, 0.29) is 31.1 Å². The average molecular weight is 905 g/mol. The number of carbonyl (C=O) groups excluding carboxylic acids is 3. The second-order valence-corrected chi connectivity index (χ2v) is 17.7. The first-order chi connectivity index (χ1) is 32.0. The third-order valence-electron chi connectivity index (χ3n) is 11.4. The van der Waals surface area contributed by atoms with Gasteiger partial charge >= 0.3 is 17.9 Å². The van der Waals surface area contributed by atoms with Crippen molar-refractivity contribution in [3.8, 4) is 0 Å². The van der Waals surface area contributed by atoms with Gasteiger partial charge in [-0.3, -0.25) is 14.4 Å². The maximum absolute atomic E-state index is 12.8. The lowest BCUT2D eigenvalue weighted by atomic mass is 10.1. The summed E-state index contributed by atoms with van der Waals surface area (Å²) in [5, 5.41) is 0. The highest BCUT2D eigenvalue weighted by Gasteiger charge is 2.19. The van der Waals surface area contributed by atoms with E-state index >= 15 is 0 Å². The highest BCUT2D eigenvalue weighted by atomic mass is 16.6. The van der Waals surface area contributed by atoms with Crippen LogP contribution in [0, 0.1) is 0 Å². The Morgan fingerprint density at radius 1 is 0.323 bits per heavy atom. The van der Waals surface area contributed by atoms with Crippen molar-refractivity contribution in [1.29, 1.82) is 0 Å². The molecule has 0 amide bonds. The number of hydrogen-bond acceptors (Lipinski definition) is 6. The Labute approximate surface area is 401 Å². The van der Waals surface area contributed by atoms with Crippen molar-refractivity contribution in [2.24, 2.45) is 0 Å². The fraction of sp³-hybridized carbons (Fsp3) is 0.712. The molecule has 65 heavy (non-hydrogen) atoms. The van der Waals surface area contributed by atoms with E-state index in [0.29, 0.717) is 19.3 Å². The molecule has 0 heterocycles. The van der Waals surface area contributed by atoms with Crippen molar-refractivity contribution in [3.63, 3.8) is 0 Å². The standard InChI is InChI=1S/C59H100O6/c1-4-7-10-13-16-19-22-25-28-31-34-37-40-43-46-49-52-58(61)64-55-56(54-63-57(60)51-48-45-42-39-36-33-30-27-24-21-18-15-12-9-6-3)65-59(62)53-50-47-44-41-38-35-32-29-26-23-20-17-14-11-8-5-2/h9,12,18-23,27-32,56H,4-8,10-11,13-17,24-26,33-55H2,1-3H3/b12-9-,21-18-,22-19-,23-20-,30-27-,31-28-,32-29-. The van der Waals surface area contributed by atoms with Gasteiger partial charge in [-0.2, -0.15) is 0 Å². The van der Waals surface area contributed by atoms with Crippen molar-refractivity contribution < 1.29 is 28.6 Å². The highest BCUT2D eigenvalue weighted by molar-refractivity contribution is 5.71. The van der Waals surface area contributed by atoms with Gasteiger partial charge in [-0.1, -0.05) is 202 Å². The normalized spacial score (nSPS) is 12.7. The van der Waals surface area contributed by atoms with Crippen LogP contribution >= 0.6 is 0 Å². The summed E-state index contributed by atoms with van der Waals surface area (Å²) in [4.78, 5) is 38.1. The molecular formula is C59H100O6. The van der Waals surface area contributed by atoms with Gasteiger partial charge in [0.05, 0.1) is 0 Å². The Morgan fingerprint density at radius 3 is 0.938 bits per heavy atom. The SMILES string of the molecule is CC/C=C\C/C=C\C/C=C\CCCCCCCC(=O)OCC(COC(=O)CCCCCCC/C=C\C/C=C\CCCCCC)OC(=O)CCCCCCC/C=C\C/C=C\CCCCCC. The van der Waals surface area contributed by atoms with Crippen LogP contribution in [0.15, 0.2) is 85.1 Å². The zero-order chi connectivity index (χ0) is 47.2. The van der Waals surface area contributed by atoms with E-state index in [9.17, 15) is 14.4 Å². The van der Waals surface area contributed by atoms with E-state index in [0.717, 1.165) is 148 Å². The first-order valence-corrected chi connectivity index (χ1v) is 27.1. The Balaban J connectivity index is 4.47. The molecule has 1 atom stereocenters. The molecule has 0 spiro atoms. The molecule has 0 aromatic heterocycles. The molecule has 0 aromatic carbocycles. The second-order valence-electron chi connectivity index (χ2n) is 17.7. The number of allylic oxidation sites excluding steroid dienone is 14. The Bertz CT molecular complexity index is 1270. The number of rotatable bonds is 48. The minimum atomic E-state index is -0.797. The van der Waals surface area contributed by atoms with Gasteiger partial charge < -0.3 is 14.2 Å². The lowest BCUT2D eigenvalue weighted by molar-refractivity contribution is -0.167. The molecule has 0 saturated carbocycles. The maximum atomic E-state index is 12.8. The topological polar surface area (TPSA) is 78.9 Å². The summed E-state index contributed by atoms with van der Waals surface area (Å²) in [7, 11) is 0. The summed E-state index contributed by atoms with van der Waals surface area (Å²) < 4.78 is 16.8. The summed E-state index contributed by atoms with van der Waals surface area (Å²) >= 11 is 0. The summed E-state index contributed by atoms with van der Waals surface area (Å²) in [6.45, 7) is 6.46. The molecule has 1 unspecified atom stereocenters. The predicted octanol–water partition coefficient (Wildman–Crippen LogP) is 18.0. The van der Waals surface area contributed by atoms with E-state index in [1.54, 1.807) is 0 Å². The first kappa shape index (κ1) is 61.6. The van der Waals surface area contributed by atoms with Gasteiger partial charge in [0.15, 0.2) is 6.10 Å². The van der Waals surface area contributed by atoms with E-state index in [1.807, 2.05) is 0 Å². The van der Waals surface area contributed by atoms with Crippen molar-refractivity contribution in [2.75, 3.05) is 13.2 Å². The van der Waals surface area contributed by atoms with Gasteiger partial charge in [0, 0.05) is 19.3 Å². The molecule has 0 radical (unpaired) electrons. The van der Waals surface area contributed by atoms with Crippen LogP contribution < -0.4 is 0 Å². The molecule has 0 fully saturated rings. The number of ether oxygens (including phenoxy) is 3. The van der Waals surface area contributed by atoms with Crippen LogP contribution in [-0.4, -0.2) is 37.2 Å². The fourth-order valence-electron chi connectivity index (χ4n) is 7.28. The number of hydrogen-bond donors (Lipinski definition) is 0. The van der Waals surface area contributed by atoms with E-state index < -0.39 is 6.10 Å². The smallest absolute Gasteiger partial charge is 0.306 e. The van der Waals surface area contributed by atoms with Gasteiger partial charge in [0.2, 0.25) is 0 Å². The summed E-state index contributed by atoms with van der Waals surface area (Å²) in [6, 6.07) is 0. The number of unbranched alkanes of at least 4 members (excludes halogenated alkanes) is 23. The van der Waals surface area contributed by atoms with Crippen molar-refractivity contribution in [1.82, 2.24) is 0 Å². The molecule has 0 aliphatic heterocycles. The average Bonchev–Trinajstić information content (AvgIpc) is 3.30. The highest BCUT2D eigenvalue weighted by Crippen LogP contribution is 2.13. The lowest BCUT2D eigenvalue weighted by Crippen LogP contribution is -2.30. The number of carbonyl (C=O) groups is 3. The minimum absolute atomic E-state index is 0.0957. The molecule has 0 bridgehead atoms. The molecule has 0 aromatic rings. The van der Waals surface area contributed by atoms with Crippen LogP contribution in [0.5, 0.6) is 0 Å². The molecule has 6 nitrogen and oxygen atoms in total. The summed E-state index contributed by atoms with van der Waals surface area (Å²) in [5.41, 5.74) is 0. The van der Waals surface area contributed by atoms with Gasteiger partial charge in [-0.25, -0.2) is 0 Å². The maximum Gasteiger partial charge on any atom is 0.306 e. The Hall–Kier alpha value is -3.41. The van der Waals surface area contributed by atoms with Crippen LogP contribution in [0.1, 0.15) is 252 Å². The van der Waals surface area contributed by atoms with Gasteiger partial charge in [-0.05, 0) is 116 Å². The molecule has 0 rings (SSSR count). The van der Waals surface area contributed by atoms with Crippen molar-refractivity contribution in [2.45, 2.75) is 258 Å². The molecule has 372 valence electrons. The van der Waals surface area contributed by atoms with Crippen LogP contribution in [0.2, 0.25) is 0 Å². The van der Waals surface area contributed by atoms with Gasteiger partial charge in [0.25, 0.3) is 0 Å². The Morgan fingerprint density at radius 2 is 0.600 bits per heavy atom. The van der Waals surface area contributed by atoms with E-state index in [1.165, 1.54) is 64.2 Å². The molecule has 0 aliphatic rings. The van der Waals surface area contributed by atoms with E-state index in [4.69, 9.17) is 14.2 Å². The van der Waals surface area contributed by atoms with Crippen molar-refractivity contribution in [3.05, 3.63) is 85.1 Å². The van der Waals surface area contributed by atoms with Gasteiger partial charge in [-0.15, -0.1) is 0 Å². The second kappa shape index (κ2) is 53.2. The number of esters is 3. The molecule has 0 aliphatic carbocycles. The van der Waals surface area contributed by atoms with Crippen LogP contribution in [0.4, 0.5) is 0 Å². The molecule has 0 saturated heterocycles. The van der Waals surface area contributed by atoms with Gasteiger partial charge in [0.1, 0.15) is 13.2 Å². The van der Waals surface area contributed by atoms with Crippen LogP contribution in [0.3, 0.4) is 0 Å². The molecular weight excluding hydrogens is 805 g/mol. The minimum Gasteiger partial charge on any atom is -0.462 e. The lowest BCUT2D eigenvalue weighted by Gasteiger charge is -2.18.